The zero-order chi connectivity index (χ0) is 22.3. The smallest absolute Gasteiger partial charge is 0.231 e. The lowest BCUT2D eigenvalue weighted by atomic mass is 9.95. The van der Waals surface area contributed by atoms with Gasteiger partial charge in [0, 0.05) is 16.6 Å². The van der Waals surface area contributed by atoms with Crippen LogP contribution in [-0.2, 0) is 4.79 Å². The fraction of sp³-hybridized carbons (Fsp3) is 0.154. The second-order valence-electron chi connectivity index (χ2n) is 7.30. The predicted octanol–water partition coefficient (Wildman–Crippen LogP) is 6.69. The number of hydrogen-bond donors (Lipinski definition) is 2. The summed E-state index contributed by atoms with van der Waals surface area (Å²) in [6.07, 6.45) is 0.736. The topological polar surface area (TPSA) is 63.2 Å². The van der Waals surface area contributed by atoms with E-state index < -0.39 is 0 Å². The van der Waals surface area contributed by atoms with E-state index in [0.29, 0.717) is 0 Å². The monoisotopic (exact) mass is 443 g/mol. The van der Waals surface area contributed by atoms with Crippen molar-refractivity contribution in [3.8, 4) is 17.0 Å². The molecular weight excluding hydrogens is 418 g/mol. The highest BCUT2D eigenvalue weighted by Gasteiger charge is 2.18. The summed E-state index contributed by atoms with van der Waals surface area (Å²) in [5.41, 5.74) is 4.44. The molecule has 0 aliphatic rings. The third-order valence-corrected chi connectivity index (χ3v) is 5.96. The van der Waals surface area contributed by atoms with Crippen LogP contribution in [0.15, 0.2) is 84.2 Å². The van der Waals surface area contributed by atoms with E-state index in [1.165, 1.54) is 11.3 Å². The number of hydrogen-bond acceptors (Lipinski definition) is 5. The van der Waals surface area contributed by atoms with Crippen LogP contribution < -0.4 is 15.4 Å². The van der Waals surface area contributed by atoms with Gasteiger partial charge in [0.1, 0.15) is 5.75 Å². The van der Waals surface area contributed by atoms with Crippen molar-refractivity contribution in [2.75, 3.05) is 17.7 Å². The first-order chi connectivity index (χ1) is 15.7. The number of amides is 1. The molecule has 32 heavy (non-hydrogen) atoms. The third kappa shape index (κ3) is 4.98. The Morgan fingerprint density at radius 3 is 2.59 bits per heavy atom. The van der Waals surface area contributed by atoms with Crippen molar-refractivity contribution < 1.29 is 9.53 Å². The summed E-state index contributed by atoms with van der Waals surface area (Å²) in [7, 11) is 1.65. The highest BCUT2D eigenvalue weighted by Crippen LogP contribution is 2.32. The SMILES string of the molecule is CCC(C(=O)Nc1cccc(-c2csc(Nc3ccccc3OC)n2)c1)c1ccccc1. The van der Waals surface area contributed by atoms with E-state index >= 15 is 0 Å². The van der Waals surface area contributed by atoms with E-state index in [-0.39, 0.29) is 11.8 Å². The van der Waals surface area contributed by atoms with Gasteiger partial charge in [-0.25, -0.2) is 4.98 Å². The molecule has 0 bridgehead atoms. The maximum absolute atomic E-state index is 12.9. The largest absolute Gasteiger partial charge is 0.495 e. The Morgan fingerprint density at radius 2 is 1.81 bits per heavy atom. The van der Waals surface area contributed by atoms with Crippen LogP contribution in [0.25, 0.3) is 11.3 Å². The number of para-hydroxylation sites is 2. The van der Waals surface area contributed by atoms with E-state index in [2.05, 4.69) is 10.6 Å². The number of nitrogens with zero attached hydrogens (tertiary/aromatic N) is 1. The first-order valence-electron chi connectivity index (χ1n) is 10.5. The normalized spacial score (nSPS) is 11.6. The number of ether oxygens (including phenoxy) is 1. The van der Waals surface area contributed by atoms with E-state index in [0.717, 1.165) is 45.5 Å². The summed E-state index contributed by atoms with van der Waals surface area (Å²) in [5.74, 6) is 0.571. The molecule has 0 spiro atoms. The van der Waals surface area contributed by atoms with Gasteiger partial charge in [-0.15, -0.1) is 11.3 Å². The summed E-state index contributed by atoms with van der Waals surface area (Å²) >= 11 is 1.52. The lowest BCUT2D eigenvalue weighted by Crippen LogP contribution is -2.20. The van der Waals surface area contributed by atoms with Crippen molar-refractivity contribution in [1.82, 2.24) is 4.98 Å². The summed E-state index contributed by atoms with van der Waals surface area (Å²) in [5, 5.41) is 9.15. The highest BCUT2D eigenvalue weighted by atomic mass is 32.1. The molecule has 1 aromatic heterocycles. The van der Waals surface area contributed by atoms with Crippen LogP contribution in [0.2, 0.25) is 0 Å². The minimum absolute atomic E-state index is 0.00680. The summed E-state index contributed by atoms with van der Waals surface area (Å²) < 4.78 is 5.40. The quantitative estimate of drug-likeness (QED) is 0.318. The lowest BCUT2D eigenvalue weighted by Gasteiger charge is -2.15. The minimum atomic E-state index is -0.184. The second-order valence-corrected chi connectivity index (χ2v) is 8.16. The molecule has 0 aliphatic carbocycles. The van der Waals surface area contributed by atoms with Crippen LogP contribution in [0.3, 0.4) is 0 Å². The van der Waals surface area contributed by atoms with Gasteiger partial charge in [0.25, 0.3) is 0 Å². The Kier molecular flexibility index (Phi) is 6.82. The van der Waals surface area contributed by atoms with Crippen LogP contribution in [0.4, 0.5) is 16.5 Å². The zero-order valence-corrected chi connectivity index (χ0v) is 18.9. The van der Waals surface area contributed by atoms with Crippen molar-refractivity contribution in [2.24, 2.45) is 0 Å². The van der Waals surface area contributed by atoms with Crippen LogP contribution in [0.5, 0.6) is 5.75 Å². The molecule has 4 aromatic rings. The molecule has 0 saturated carbocycles. The molecule has 1 amide bonds. The van der Waals surface area contributed by atoms with E-state index in [9.17, 15) is 4.79 Å². The molecule has 5 nitrogen and oxygen atoms in total. The van der Waals surface area contributed by atoms with Gasteiger partial charge >= 0.3 is 0 Å². The molecule has 0 fully saturated rings. The molecule has 3 aromatic carbocycles. The Bertz CT molecular complexity index is 1190. The Balaban J connectivity index is 1.49. The molecule has 4 rings (SSSR count). The van der Waals surface area contributed by atoms with Gasteiger partial charge in [-0.1, -0.05) is 61.5 Å². The van der Waals surface area contributed by atoms with Crippen molar-refractivity contribution in [3.05, 3.63) is 89.8 Å². The lowest BCUT2D eigenvalue weighted by molar-refractivity contribution is -0.117. The van der Waals surface area contributed by atoms with Gasteiger partial charge in [0.2, 0.25) is 5.91 Å². The zero-order valence-electron chi connectivity index (χ0n) is 18.0. The number of carbonyl (C=O) groups is 1. The van der Waals surface area contributed by atoms with Crippen molar-refractivity contribution >= 4 is 33.8 Å². The van der Waals surface area contributed by atoms with Crippen LogP contribution >= 0.6 is 11.3 Å². The van der Waals surface area contributed by atoms with Gasteiger partial charge in [-0.2, -0.15) is 0 Å². The second kappa shape index (κ2) is 10.1. The summed E-state index contributed by atoms with van der Waals surface area (Å²) in [4.78, 5) is 17.6. The Labute approximate surface area is 192 Å². The molecule has 6 heteroatoms. The number of nitrogens with one attached hydrogen (secondary N) is 2. The van der Waals surface area contributed by atoms with Gasteiger partial charge in [-0.05, 0) is 36.2 Å². The number of aromatic nitrogens is 1. The summed E-state index contributed by atoms with van der Waals surface area (Å²) in [6, 6.07) is 25.4. The van der Waals surface area contributed by atoms with E-state index in [1.807, 2.05) is 91.2 Å². The van der Waals surface area contributed by atoms with Crippen molar-refractivity contribution in [1.29, 1.82) is 0 Å². The standard InChI is InChI=1S/C26H25N3O2S/c1-3-21(18-10-5-4-6-11-18)25(30)27-20-13-9-12-19(16-20)23-17-32-26(29-23)28-22-14-7-8-15-24(22)31-2/h4-17,21H,3H2,1-2H3,(H,27,30)(H,28,29). The van der Waals surface area contributed by atoms with Crippen molar-refractivity contribution in [3.63, 3.8) is 0 Å². The molecule has 1 heterocycles. The first kappa shape index (κ1) is 21.6. The molecule has 2 N–H and O–H groups in total. The van der Waals surface area contributed by atoms with Gasteiger partial charge in [-0.3, -0.25) is 4.79 Å². The van der Waals surface area contributed by atoms with E-state index in [4.69, 9.17) is 9.72 Å². The van der Waals surface area contributed by atoms with Crippen LogP contribution in [-0.4, -0.2) is 18.0 Å². The number of anilines is 3. The Morgan fingerprint density at radius 1 is 1.03 bits per heavy atom. The molecule has 1 unspecified atom stereocenters. The molecule has 0 saturated heterocycles. The highest BCUT2D eigenvalue weighted by molar-refractivity contribution is 7.14. The predicted molar refractivity (Wildman–Crippen MR) is 132 cm³/mol. The van der Waals surface area contributed by atoms with Gasteiger partial charge in [0.05, 0.1) is 24.4 Å². The molecular formula is C26H25N3O2S. The van der Waals surface area contributed by atoms with Gasteiger partial charge < -0.3 is 15.4 Å². The number of rotatable bonds is 8. The van der Waals surface area contributed by atoms with Crippen LogP contribution in [0.1, 0.15) is 24.8 Å². The molecule has 1 atom stereocenters. The molecule has 0 aliphatic heterocycles. The molecule has 162 valence electrons. The average Bonchev–Trinajstić information content (AvgIpc) is 3.29. The van der Waals surface area contributed by atoms with Crippen molar-refractivity contribution in [2.45, 2.75) is 19.3 Å². The fourth-order valence-corrected chi connectivity index (χ4v) is 4.30. The van der Waals surface area contributed by atoms with Gasteiger partial charge in [0.15, 0.2) is 5.13 Å². The minimum Gasteiger partial charge on any atom is -0.495 e. The number of methoxy groups -OCH3 is 1. The third-order valence-electron chi connectivity index (χ3n) is 5.21. The first-order valence-corrected chi connectivity index (χ1v) is 11.4. The maximum atomic E-state index is 12.9. The molecule has 0 radical (unpaired) electrons. The number of carbonyl (C=O) groups excluding carboxylic acids is 1. The average molecular weight is 444 g/mol. The Hall–Kier alpha value is -3.64. The fourth-order valence-electron chi connectivity index (χ4n) is 3.57. The van der Waals surface area contributed by atoms with Crippen LogP contribution in [0, 0.1) is 0 Å². The van der Waals surface area contributed by atoms with E-state index in [1.54, 1.807) is 7.11 Å². The number of thiazole rings is 1. The summed E-state index contributed by atoms with van der Waals surface area (Å²) in [6.45, 7) is 2.03. The maximum Gasteiger partial charge on any atom is 0.231 e. The number of benzene rings is 3.